The average Bonchev–Trinajstić information content (AvgIpc) is 3.01. The van der Waals surface area contributed by atoms with Crippen LogP contribution in [0.2, 0.25) is 0 Å². The molecule has 1 aliphatic rings. The number of nitrogens with zero attached hydrogens (tertiary/aromatic N) is 4. The maximum absolute atomic E-state index is 10.9. The molecule has 0 aliphatic carbocycles. The van der Waals surface area contributed by atoms with Gasteiger partial charge in [0.25, 0.3) is 6.47 Å². The average molecular weight is 351 g/mol. The third-order valence-corrected chi connectivity index (χ3v) is 4.82. The topological polar surface area (TPSA) is 74.3 Å². The first-order chi connectivity index (χ1) is 12.8. The summed E-state index contributed by atoms with van der Waals surface area (Å²) in [5, 5.41) is 0.935. The second-order valence-electron chi connectivity index (χ2n) is 6.48. The third kappa shape index (κ3) is 3.13. The lowest BCUT2D eigenvalue weighted by atomic mass is 10.2. The largest absolute Gasteiger partial charge is 0.426 e. The molecule has 4 rings (SSSR count). The maximum atomic E-state index is 10.9. The lowest BCUT2D eigenvalue weighted by Crippen LogP contribution is -2.46. The number of nitrogens with one attached hydrogen (secondary N) is 1. The van der Waals surface area contributed by atoms with Gasteiger partial charge in [-0.3, -0.25) is 9.69 Å². The number of piperazine rings is 1. The van der Waals surface area contributed by atoms with E-state index in [1.54, 1.807) is 6.33 Å². The van der Waals surface area contributed by atoms with Crippen molar-refractivity contribution in [2.75, 3.05) is 31.1 Å². The predicted octanol–water partition coefficient (Wildman–Crippen LogP) is 2.12. The molecule has 2 aromatic heterocycles. The predicted molar refractivity (Wildman–Crippen MR) is 99.2 cm³/mol. The van der Waals surface area contributed by atoms with Crippen molar-refractivity contribution in [3.63, 3.8) is 0 Å². The molecule has 7 nitrogen and oxygen atoms in total. The minimum absolute atomic E-state index is 0.495. The van der Waals surface area contributed by atoms with Crippen LogP contribution in [0.5, 0.6) is 5.75 Å². The molecule has 1 aliphatic heterocycles. The van der Waals surface area contributed by atoms with Gasteiger partial charge in [-0.1, -0.05) is 12.1 Å². The van der Waals surface area contributed by atoms with Crippen LogP contribution < -0.4 is 9.64 Å². The standard InChI is InChI=1S/C19H21N5O2/c1-14-10-20-12-21-19(14)24-8-6-23(7-9-24)11-17-18(26-13-25)15-4-2-3-5-16(15)22-17/h2-5,10,12-13,22H,6-9,11H2,1H3. The summed E-state index contributed by atoms with van der Waals surface area (Å²) in [6.45, 7) is 6.89. The van der Waals surface area contributed by atoms with Crippen molar-refractivity contribution in [2.45, 2.75) is 13.5 Å². The summed E-state index contributed by atoms with van der Waals surface area (Å²) in [7, 11) is 0. The number of para-hydroxylation sites is 1. The molecular weight excluding hydrogens is 330 g/mol. The van der Waals surface area contributed by atoms with Crippen molar-refractivity contribution in [1.29, 1.82) is 0 Å². The number of ether oxygens (including phenoxy) is 1. The lowest BCUT2D eigenvalue weighted by molar-refractivity contribution is -0.120. The molecule has 1 aromatic carbocycles. The molecule has 134 valence electrons. The molecule has 1 fully saturated rings. The van der Waals surface area contributed by atoms with E-state index in [1.165, 1.54) is 0 Å². The summed E-state index contributed by atoms with van der Waals surface area (Å²) in [6.07, 6.45) is 3.45. The molecule has 1 saturated heterocycles. The maximum Gasteiger partial charge on any atom is 0.298 e. The zero-order valence-corrected chi connectivity index (χ0v) is 14.7. The van der Waals surface area contributed by atoms with Crippen LogP contribution in [0.25, 0.3) is 10.9 Å². The molecule has 26 heavy (non-hydrogen) atoms. The van der Waals surface area contributed by atoms with Gasteiger partial charge in [0.1, 0.15) is 12.1 Å². The number of rotatable bonds is 5. The van der Waals surface area contributed by atoms with Crippen molar-refractivity contribution in [3.8, 4) is 5.75 Å². The SMILES string of the molecule is Cc1cncnc1N1CCN(Cc2[nH]c3ccccc3c2OC=O)CC1. The quantitative estimate of drug-likeness (QED) is 0.710. The van der Waals surface area contributed by atoms with Crippen LogP contribution in [0.15, 0.2) is 36.8 Å². The van der Waals surface area contributed by atoms with Crippen molar-refractivity contribution in [2.24, 2.45) is 0 Å². The van der Waals surface area contributed by atoms with E-state index in [2.05, 4.69) is 24.8 Å². The highest BCUT2D eigenvalue weighted by Gasteiger charge is 2.22. The van der Waals surface area contributed by atoms with E-state index in [0.29, 0.717) is 18.8 Å². The van der Waals surface area contributed by atoms with Gasteiger partial charge in [-0.15, -0.1) is 0 Å². The Labute approximate surface area is 151 Å². The van der Waals surface area contributed by atoms with Crippen LogP contribution >= 0.6 is 0 Å². The molecule has 3 heterocycles. The van der Waals surface area contributed by atoms with Crippen molar-refractivity contribution in [1.82, 2.24) is 19.9 Å². The Kier molecular flexibility index (Phi) is 4.53. The molecule has 0 amide bonds. The number of carbonyl (C=O) groups excluding carboxylic acids is 1. The van der Waals surface area contributed by atoms with Gasteiger partial charge in [0.2, 0.25) is 0 Å². The Bertz CT molecular complexity index is 915. The van der Waals surface area contributed by atoms with E-state index in [1.807, 2.05) is 37.4 Å². The van der Waals surface area contributed by atoms with Gasteiger partial charge in [0, 0.05) is 55.4 Å². The van der Waals surface area contributed by atoms with Crippen LogP contribution in [0.4, 0.5) is 5.82 Å². The molecule has 0 radical (unpaired) electrons. The minimum atomic E-state index is 0.495. The number of H-pyrrole nitrogens is 1. The summed E-state index contributed by atoms with van der Waals surface area (Å²) < 4.78 is 5.27. The number of aromatic amines is 1. The van der Waals surface area contributed by atoms with E-state index >= 15 is 0 Å². The van der Waals surface area contributed by atoms with Gasteiger partial charge >= 0.3 is 0 Å². The number of aromatic nitrogens is 3. The Hall–Kier alpha value is -2.93. The Balaban J connectivity index is 1.48. The number of hydrogen-bond donors (Lipinski definition) is 1. The molecule has 0 bridgehead atoms. The van der Waals surface area contributed by atoms with E-state index in [-0.39, 0.29) is 0 Å². The first-order valence-electron chi connectivity index (χ1n) is 8.70. The fourth-order valence-corrected chi connectivity index (χ4v) is 3.53. The fraction of sp³-hybridized carbons (Fsp3) is 0.316. The summed E-state index contributed by atoms with van der Waals surface area (Å²) >= 11 is 0. The molecule has 3 aromatic rings. The van der Waals surface area contributed by atoms with E-state index in [4.69, 9.17) is 4.74 Å². The molecule has 0 saturated carbocycles. The Morgan fingerprint density at radius 2 is 2.04 bits per heavy atom. The van der Waals surface area contributed by atoms with Crippen molar-refractivity contribution < 1.29 is 9.53 Å². The van der Waals surface area contributed by atoms with Gasteiger partial charge in [0.15, 0.2) is 5.75 Å². The molecule has 7 heteroatoms. The summed E-state index contributed by atoms with van der Waals surface area (Å²) in [5.41, 5.74) is 3.01. The van der Waals surface area contributed by atoms with Crippen molar-refractivity contribution in [3.05, 3.63) is 48.0 Å². The van der Waals surface area contributed by atoms with Crippen molar-refractivity contribution >= 4 is 23.2 Å². The van der Waals surface area contributed by atoms with Crippen LogP contribution in [-0.2, 0) is 11.3 Å². The summed E-state index contributed by atoms with van der Waals surface area (Å²) in [6, 6.07) is 7.87. The van der Waals surface area contributed by atoms with Crippen LogP contribution in [0, 0.1) is 6.92 Å². The van der Waals surface area contributed by atoms with E-state index in [0.717, 1.165) is 54.2 Å². The second-order valence-corrected chi connectivity index (χ2v) is 6.48. The number of carbonyl (C=O) groups is 1. The Morgan fingerprint density at radius 3 is 2.81 bits per heavy atom. The minimum Gasteiger partial charge on any atom is -0.426 e. The Morgan fingerprint density at radius 1 is 1.23 bits per heavy atom. The number of aryl methyl sites for hydroxylation is 1. The highest BCUT2D eigenvalue weighted by atomic mass is 16.5. The third-order valence-electron chi connectivity index (χ3n) is 4.82. The second kappa shape index (κ2) is 7.13. The number of anilines is 1. The van der Waals surface area contributed by atoms with Crippen LogP contribution in [0.3, 0.4) is 0 Å². The van der Waals surface area contributed by atoms with Gasteiger partial charge in [0.05, 0.1) is 5.69 Å². The fourth-order valence-electron chi connectivity index (χ4n) is 3.53. The zero-order chi connectivity index (χ0) is 17.9. The number of hydrogen-bond acceptors (Lipinski definition) is 6. The monoisotopic (exact) mass is 351 g/mol. The van der Waals surface area contributed by atoms with Gasteiger partial charge in [-0.25, -0.2) is 9.97 Å². The lowest BCUT2D eigenvalue weighted by Gasteiger charge is -2.35. The molecule has 0 unspecified atom stereocenters. The molecule has 1 N–H and O–H groups in total. The highest BCUT2D eigenvalue weighted by Crippen LogP contribution is 2.31. The first-order valence-corrected chi connectivity index (χ1v) is 8.70. The molecular formula is C19H21N5O2. The van der Waals surface area contributed by atoms with Crippen LogP contribution in [-0.4, -0.2) is 52.5 Å². The highest BCUT2D eigenvalue weighted by molar-refractivity contribution is 5.88. The number of fused-ring (bicyclic) bond motifs is 1. The number of benzene rings is 1. The molecule has 0 spiro atoms. The van der Waals surface area contributed by atoms with E-state index in [9.17, 15) is 4.79 Å². The summed E-state index contributed by atoms with van der Waals surface area (Å²) in [5.74, 6) is 1.64. The van der Waals surface area contributed by atoms with E-state index < -0.39 is 0 Å². The smallest absolute Gasteiger partial charge is 0.298 e. The van der Waals surface area contributed by atoms with Gasteiger partial charge in [-0.2, -0.15) is 0 Å². The van der Waals surface area contributed by atoms with Crippen LogP contribution in [0.1, 0.15) is 11.3 Å². The normalized spacial score (nSPS) is 15.3. The zero-order valence-electron chi connectivity index (χ0n) is 14.7. The first kappa shape index (κ1) is 16.5. The van der Waals surface area contributed by atoms with Gasteiger partial charge in [-0.05, 0) is 19.1 Å². The van der Waals surface area contributed by atoms with Gasteiger partial charge < -0.3 is 14.6 Å². The molecule has 0 atom stereocenters. The summed E-state index contributed by atoms with van der Waals surface area (Å²) in [4.78, 5) is 27.4.